The second kappa shape index (κ2) is 8.21. The molecule has 2 heterocycles. The van der Waals surface area contributed by atoms with Gasteiger partial charge in [-0.25, -0.2) is 9.97 Å². The first-order chi connectivity index (χ1) is 14.1. The molecule has 0 saturated heterocycles. The third-order valence-electron chi connectivity index (χ3n) is 5.19. The van der Waals surface area contributed by atoms with Gasteiger partial charge in [-0.15, -0.1) is 0 Å². The van der Waals surface area contributed by atoms with E-state index in [0.29, 0.717) is 33.7 Å². The van der Waals surface area contributed by atoms with Crippen LogP contribution in [-0.2, 0) is 7.05 Å². The predicted octanol–water partition coefficient (Wildman–Crippen LogP) is 4.66. The monoisotopic (exact) mass is 411 g/mol. The average molecular weight is 412 g/mol. The molecule has 2 aromatic heterocycles. The third kappa shape index (κ3) is 3.96. The maximum Gasteiger partial charge on any atom is 0.184 e. The van der Waals surface area contributed by atoms with E-state index in [9.17, 15) is 4.79 Å². The van der Waals surface area contributed by atoms with Crippen molar-refractivity contribution in [3.63, 3.8) is 0 Å². The zero-order valence-corrected chi connectivity index (χ0v) is 17.1. The van der Waals surface area contributed by atoms with Crippen LogP contribution >= 0.6 is 11.6 Å². The molecule has 1 saturated carbocycles. The van der Waals surface area contributed by atoms with Crippen LogP contribution in [0.3, 0.4) is 0 Å². The molecule has 150 valence electrons. The summed E-state index contributed by atoms with van der Waals surface area (Å²) in [4.78, 5) is 21.5. The van der Waals surface area contributed by atoms with E-state index < -0.39 is 0 Å². The summed E-state index contributed by atoms with van der Waals surface area (Å²) >= 11 is 6.13. The minimum Gasteiger partial charge on any atom is -0.494 e. The van der Waals surface area contributed by atoms with Crippen molar-refractivity contribution in [1.82, 2.24) is 19.7 Å². The number of benzene rings is 1. The lowest BCUT2D eigenvalue weighted by atomic mass is 9.96. The number of anilines is 2. The van der Waals surface area contributed by atoms with Crippen LogP contribution in [0.25, 0.3) is 11.4 Å². The van der Waals surface area contributed by atoms with E-state index in [1.54, 1.807) is 30.4 Å². The fourth-order valence-corrected chi connectivity index (χ4v) is 3.93. The number of aryl methyl sites for hydroxylation is 1. The van der Waals surface area contributed by atoms with Gasteiger partial charge in [-0.1, -0.05) is 30.5 Å². The highest BCUT2D eigenvalue weighted by Gasteiger charge is 2.26. The second-order valence-electron chi connectivity index (χ2n) is 7.15. The van der Waals surface area contributed by atoms with Crippen LogP contribution in [0.15, 0.2) is 36.8 Å². The number of aromatic nitrogens is 4. The second-order valence-corrected chi connectivity index (χ2v) is 7.54. The van der Waals surface area contributed by atoms with Crippen molar-refractivity contribution in [2.45, 2.75) is 25.7 Å². The minimum atomic E-state index is 0.0458. The van der Waals surface area contributed by atoms with Gasteiger partial charge in [0.2, 0.25) is 0 Å². The van der Waals surface area contributed by atoms with E-state index >= 15 is 0 Å². The first-order valence-corrected chi connectivity index (χ1v) is 9.94. The maximum atomic E-state index is 13.0. The summed E-state index contributed by atoms with van der Waals surface area (Å²) in [6.45, 7) is 0. The van der Waals surface area contributed by atoms with Crippen LogP contribution in [0.4, 0.5) is 11.4 Å². The molecule has 1 fully saturated rings. The van der Waals surface area contributed by atoms with Crippen LogP contribution in [-0.4, -0.2) is 32.6 Å². The maximum absolute atomic E-state index is 13.0. The Balaban J connectivity index is 1.72. The zero-order chi connectivity index (χ0) is 20.4. The van der Waals surface area contributed by atoms with Gasteiger partial charge in [-0.2, -0.15) is 5.10 Å². The van der Waals surface area contributed by atoms with Gasteiger partial charge in [0.25, 0.3) is 0 Å². The zero-order valence-electron chi connectivity index (χ0n) is 16.4. The van der Waals surface area contributed by atoms with Crippen molar-refractivity contribution in [2.75, 3.05) is 12.4 Å². The molecule has 0 aliphatic heterocycles. The quantitative estimate of drug-likeness (QED) is 0.469. The minimum absolute atomic E-state index is 0.0458. The Labute approximate surface area is 174 Å². The molecular weight excluding hydrogens is 390 g/mol. The standard InChI is InChI=1S/C21H22ClN5O2/c1-27-12-24-21(26-27)14-8-5-9-16(20(14)29-2)25-17-10-18(22)23-11-15(17)19(28)13-6-3-4-7-13/h5,8-13H,3-4,6-7H2,1-2H3,(H,23,25). The summed E-state index contributed by atoms with van der Waals surface area (Å²) in [5, 5.41) is 8.00. The Bertz CT molecular complexity index is 1040. The number of hydrogen-bond donors (Lipinski definition) is 1. The highest BCUT2D eigenvalue weighted by atomic mass is 35.5. The van der Waals surface area contributed by atoms with Gasteiger partial charge in [0.05, 0.1) is 29.6 Å². The Morgan fingerprint density at radius 2 is 2.03 bits per heavy atom. The van der Waals surface area contributed by atoms with Crippen molar-refractivity contribution >= 4 is 28.8 Å². The molecule has 29 heavy (non-hydrogen) atoms. The molecule has 0 bridgehead atoms. The number of rotatable bonds is 6. The summed E-state index contributed by atoms with van der Waals surface area (Å²) < 4.78 is 7.29. The van der Waals surface area contributed by atoms with Crippen LogP contribution in [0.2, 0.25) is 5.15 Å². The lowest BCUT2D eigenvalue weighted by Crippen LogP contribution is -2.13. The average Bonchev–Trinajstić information content (AvgIpc) is 3.39. The van der Waals surface area contributed by atoms with E-state index in [1.807, 2.05) is 25.2 Å². The topological polar surface area (TPSA) is 81.9 Å². The van der Waals surface area contributed by atoms with Crippen LogP contribution < -0.4 is 10.1 Å². The molecule has 1 N–H and O–H groups in total. The van der Waals surface area contributed by atoms with E-state index in [1.165, 1.54) is 0 Å². The van der Waals surface area contributed by atoms with Crippen LogP contribution in [0.5, 0.6) is 5.75 Å². The smallest absolute Gasteiger partial charge is 0.184 e. The first-order valence-electron chi connectivity index (χ1n) is 9.56. The van der Waals surface area contributed by atoms with Gasteiger partial charge in [-0.3, -0.25) is 9.48 Å². The molecule has 1 aliphatic carbocycles. The summed E-state index contributed by atoms with van der Waals surface area (Å²) in [6.07, 6.45) is 7.22. The van der Waals surface area contributed by atoms with Crippen LogP contribution in [0, 0.1) is 5.92 Å². The number of halogens is 1. The van der Waals surface area contributed by atoms with Crippen molar-refractivity contribution in [1.29, 1.82) is 0 Å². The molecule has 8 heteroatoms. The summed E-state index contributed by atoms with van der Waals surface area (Å²) in [5.41, 5.74) is 2.61. The number of ether oxygens (including phenoxy) is 1. The number of para-hydroxylation sites is 1. The molecule has 0 amide bonds. The van der Waals surface area contributed by atoms with Gasteiger partial charge in [0, 0.05) is 19.2 Å². The Kier molecular flexibility index (Phi) is 5.49. The number of nitrogens with one attached hydrogen (secondary N) is 1. The molecule has 3 aromatic rings. The van der Waals surface area contributed by atoms with Crippen molar-refractivity contribution in [3.05, 3.63) is 47.5 Å². The number of nitrogens with zero attached hydrogens (tertiary/aromatic N) is 4. The number of Topliss-reactive ketones (excluding diaryl/α,β-unsaturated/α-hetero) is 1. The summed E-state index contributed by atoms with van der Waals surface area (Å²) in [6, 6.07) is 7.33. The molecular formula is C21H22ClN5O2. The third-order valence-corrected chi connectivity index (χ3v) is 5.40. The molecule has 1 aliphatic rings. The number of carbonyl (C=O) groups excluding carboxylic acids is 1. The Morgan fingerprint density at radius 3 is 2.72 bits per heavy atom. The largest absolute Gasteiger partial charge is 0.494 e. The summed E-state index contributed by atoms with van der Waals surface area (Å²) in [5.74, 6) is 1.30. The lowest BCUT2D eigenvalue weighted by molar-refractivity contribution is 0.0923. The highest BCUT2D eigenvalue weighted by molar-refractivity contribution is 6.29. The normalized spacial score (nSPS) is 14.2. The summed E-state index contributed by atoms with van der Waals surface area (Å²) in [7, 11) is 3.40. The SMILES string of the molecule is COc1c(Nc2cc(Cl)ncc2C(=O)C2CCCC2)cccc1-c1ncn(C)n1. The number of hydrogen-bond acceptors (Lipinski definition) is 6. The lowest BCUT2D eigenvalue weighted by Gasteiger charge is -2.17. The highest BCUT2D eigenvalue weighted by Crippen LogP contribution is 2.38. The Morgan fingerprint density at radius 1 is 1.24 bits per heavy atom. The molecule has 1 aromatic carbocycles. The van der Waals surface area contributed by atoms with E-state index in [-0.39, 0.29) is 11.7 Å². The van der Waals surface area contributed by atoms with E-state index in [2.05, 4.69) is 20.4 Å². The Hall–Kier alpha value is -2.93. The molecule has 4 rings (SSSR count). The number of ketones is 1. The van der Waals surface area contributed by atoms with Gasteiger partial charge in [0.15, 0.2) is 17.4 Å². The molecule has 7 nitrogen and oxygen atoms in total. The van der Waals surface area contributed by atoms with Crippen molar-refractivity contribution in [3.8, 4) is 17.1 Å². The van der Waals surface area contributed by atoms with Crippen molar-refractivity contribution in [2.24, 2.45) is 13.0 Å². The molecule has 0 unspecified atom stereocenters. The fourth-order valence-electron chi connectivity index (χ4n) is 3.78. The van der Waals surface area contributed by atoms with E-state index in [0.717, 1.165) is 31.2 Å². The number of carbonyl (C=O) groups is 1. The number of pyridine rings is 1. The van der Waals surface area contributed by atoms with E-state index in [4.69, 9.17) is 16.3 Å². The van der Waals surface area contributed by atoms with Gasteiger partial charge in [0.1, 0.15) is 11.5 Å². The van der Waals surface area contributed by atoms with Gasteiger partial charge < -0.3 is 10.1 Å². The first kappa shape index (κ1) is 19.4. The van der Waals surface area contributed by atoms with Gasteiger partial charge >= 0.3 is 0 Å². The van der Waals surface area contributed by atoms with Gasteiger partial charge in [-0.05, 0) is 31.0 Å². The molecule has 0 spiro atoms. The van der Waals surface area contributed by atoms with Crippen LogP contribution in [0.1, 0.15) is 36.0 Å². The predicted molar refractivity (Wildman–Crippen MR) is 112 cm³/mol. The number of methoxy groups -OCH3 is 1. The molecule has 0 atom stereocenters. The fraction of sp³-hybridized carbons (Fsp3) is 0.333. The van der Waals surface area contributed by atoms with Crippen molar-refractivity contribution < 1.29 is 9.53 Å². The molecule has 0 radical (unpaired) electrons.